The maximum absolute atomic E-state index is 12.3. The SMILES string of the molecule is O=c1[nH]c(-c2ncn[nH]2)nc2ccc(Oc3ccc(Cl)cc3)cc12. The molecule has 8 heteroatoms. The lowest BCUT2D eigenvalue weighted by atomic mass is 10.2. The number of nitrogens with zero attached hydrogens (tertiary/aromatic N) is 3. The van der Waals surface area contributed by atoms with Gasteiger partial charge in [0, 0.05) is 5.02 Å². The smallest absolute Gasteiger partial charge is 0.259 e. The van der Waals surface area contributed by atoms with E-state index in [4.69, 9.17) is 16.3 Å². The summed E-state index contributed by atoms with van der Waals surface area (Å²) < 4.78 is 5.73. The Hall–Kier alpha value is -3.19. The number of H-pyrrole nitrogens is 2. The molecule has 0 radical (unpaired) electrons. The first-order valence-electron chi connectivity index (χ1n) is 7.02. The predicted molar refractivity (Wildman–Crippen MR) is 89.3 cm³/mol. The number of aromatic amines is 2. The molecule has 0 fully saturated rings. The highest BCUT2D eigenvalue weighted by Crippen LogP contribution is 2.25. The average molecular weight is 340 g/mol. The minimum atomic E-state index is -0.284. The summed E-state index contributed by atoms with van der Waals surface area (Å²) in [5.41, 5.74) is 0.251. The molecule has 0 atom stereocenters. The summed E-state index contributed by atoms with van der Waals surface area (Å²) in [4.78, 5) is 23.3. The Bertz CT molecular complexity index is 1060. The molecule has 0 saturated carbocycles. The highest BCUT2D eigenvalue weighted by molar-refractivity contribution is 6.30. The van der Waals surface area contributed by atoms with E-state index in [1.807, 2.05) is 0 Å². The number of fused-ring (bicyclic) bond motifs is 1. The van der Waals surface area contributed by atoms with Gasteiger partial charge in [-0.1, -0.05) is 11.6 Å². The molecule has 2 N–H and O–H groups in total. The second kappa shape index (κ2) is 5.78. The second-order valence-corrected chi connectivity index (χ2v) is 5.42. The fourth-order valence-corrected chi connectivity index (χ4v) is 2.38. The number of hydrogen-bond donors (Lipinski definition) is 2. The normalized spacial score (nSPS) is 10.9. The van der Waals surface area contributed by atoms with Crippen molar-refractivity contribution in [2.45, 2.75) is 0 Å². The van der Waals surface area contributed by atoms with Crippen molar-refractivity contribution < 1.29 is 4.74 Å². The molecule has 4 aromatic rings. The molecule has 0 amide bonds. The van der Waals surface area contributed by atoms with Crippen LogP contribution in [0, 0.1) is 0 Å². The lowest BCUT2D eigenvalue weighted by Crippen LogP contribution is -2.10. The Balaban J connectivity index is 1.73. The molecule has 2 aromatic heterocycles. The van der Waals surface area contributed by atoms with E-state index < -0.39 is 0 Å². The first-order chi connectivity index (χ1) is 11.7. The van der Waals surface area contributed by atoms with Gasteiger partial charge in [0.05, 0.1) is 10.9 Å². The molecule has 2 aromatic carbocycles. The number of nitrogens with one attached hydrogen (secondary N) is 2. The van der Waals surface area contributed by atoms with E-state index in [1.165, 1.54) is 6.33 Å². The molecule has 4 rings (SSSR count). The lowest BCUT2D eigenvalue weighted by Gasteiger charge is -2.07. The molecule has 0 bridgehead atoms. The van der Waals surface area contributed by atoms with Crippen molar-refractivity contribution in [3.05, 3.63) is 64.2 Å². The molecule has 7 nitrogen and oxygen atoms in total. The fourth-order valence-electron chi connectivity index (χ4n) is 2.25. The topological polar surface area (TPSA) is 96.6 Å². The van der Waals surface area contributed by atoms with Crippen molar-refractivity contribution in [2.75, 3.05) is 0 Å². The molecule has 2 heterocycles. The second-order valence-electron chi connectivity index (χ2n) is 4.98. The predicted octanol–water partition coefficient (Wildman–Crippen LogP) is 3.15. The Labute approximate surface area is 140 Å². The summed E-state index contributed by atoms with van der Waals surface area (Å²) in [5.74, 6) is 1.89. The third-order valence-corrected chi connectivity index (χ3v) is 3.62. The quantitative estimate of drug-likeness (QED) is 0.597. The molecule has 0 aliphatic carbocycles. The van der Waals surface area contributed by atoms with Gasteiger partial charge in [-0.3, -0.25) is 9.89 Å². The van der Waals surface area contributed by atoms with E-state index in [-0.39, 0.29) is 5.56 Å². The third kappa shape index (κ3) is 2.72. The van der Waals surface area contributed by atoms with Crippen LogP contribution in [0.4, 0.5) is 0 Å². The van der Waals surface area contributed by atoms with Crippen molar-refractivity contribution in [2.24, 2.45) is 0 Å². The van der Waals surface area contributed by atoms with E-state index >= 15 is 0 Å². The van der Waals surface area contributed by atoms with Crippen LogP contribution in [0.5, 0.6) is 11.5 Å². The van der Waals surface area contributed by atoms with Crippen LogP contribution in [-0.4, -0.2) is 25.1 Å². The first-order valence-corrected chi connectivity index (χ1v) is 7.40. The highest BCUT2D eigenvalue weighted by Gasteiger charge is 2.09. The monoisotopic (exact) mass is 339 g/mol. The molecule has 0 aliphatic heterocycles. The third-order valence-electron chi connectivity index (χ3n) is 3.37. The number of benzene rings is 2. The zero-order chi connectivity index (χ0) is 16.5. The number of ether oxygens (including phenoxy) is 1. The molecule has 0 spiro atoms. The highest BCUT2D eigenvalue weighted by atomic mass is 35.5. The molecule has 0 saturated heterocycles. The van der Waals surface area contributed by atoms with Gasteiger partial charge >= 0.3 is 0 Å². The number of hydrogen-bond acceptors (Lipinski definition) is 5. The van der Waals surface area contributed by atoms with Crippen LogP contribution in [0.25, 0.3) is 22.6 Å². The van der Waals surface area contributed by atoms with Crippen molar-refractivity contribution in [1.82, 2.24) is 25.1 Å². The van der Waals surface area contributed by atoms with Crippen LogP contribution in [0.3, 0.4) is 0 Å². The van der Waals surface area contributed by atoms with Gasteiger partial charge in [0.2, 0.25) is 0 Å². The van der Waals surface area contributed by atoms with Crippen LogP contribution in [-0.2, 0) is 0 Å². The number of rotatable bonds is 3. The van der Waals surface area contributed by atoms with Gasteiger partial charge in [0.1, 0.15) is 17.8 Å². The Kier molecular flexibility index (Phi) is 3.47. The molecular formula is C16H10ClN5O2. The molecule has 24 heavy (non-hydrogen) atoms. The maximum atomic E-state index is 12.3. The fraction of sp³-hybridized carbons (Fsp3) is 0. The minimum Gasteiger partial charge on any atom is -0.457 e. The standard InChI is InChI=1S/C16H10ClN5O2/c17-9-1-3-10(4-2-9)24-11-5-6-13-12(7-11)16(23)21-15(20-13)14-18-8-19-22-14/h1-8H,(H,18,19,22)(H,20,21,23). The summed E-state index contributed by atoms with van der Waals surface area (Å²) in [6.07, 6.45) is 1.35. The molecule has 118 valence electrons. The van der Waals surface area contributed by atoms with Crippen molar-refractivity contribution in [3.8, 4) is 23.1 Å². The number of aromatic nitrogens is 5. The van der Waals surface area contributed by atoms with Gasteiger partial charge in [-0.2, -0.15) is 5.10 Å². The van der Waals surface area contributed by atoms with Crippen LogP contribution in [0.15, 0.2) is 53.6 Å². The molecule has 0 aliphatic rings. The van der Waals surface area contributed by atoms with Crippen LogP contribution in [0.1, 0.15) is 0 Å². The van der Waals surface area contributed by atoms with Crippen molar-refractivity contribution >= 4 is 22.5 Å². The minimum absolute atomic E-state index is 0.284. The summed E-state index contributed by atoms with van der Waals surface area (Å²) >= 11 is 5.85. The first kappa shape index (κ1) is 14.4. The Morgan fingerprint density at radius 1 is 1.00 bits per heavy atom. The summed E-state index contributed by atoms with van der Waals surface area (Å²) in [6.45, 7) is 0. The van der Waals surface area contributed by atoms with Gasteiger partial charge in [-0.25, -0.2) is 9.97 Å². The summed E-state index contributed by atoms with van der Waals surface area (Å²) in [5, 5.41) is 7.46. The van der Waals surface area contributed by atoms with Gasteiger partial charge in [-0.05, 0) is 42.5 Å². The Morgan fingerprint density at radius 2 is 1.79 bits per heavy atom. The van der Waals surface area contributed by atoms with Crippen LogP contribution >= 0.6 is 11.6 Å². The zero-order valence-electron chi connectivity index (χ0n) is 12.2. The van der Waals surface area contributed by atoms with Crippen LogP contribution < -0.4 is 10.3 Å². The van der Waals surface area contributed by atoms with Gasteiger partial charge in [0.25, 0.3) is 5.56 Å². The van der Waals surface area contributed by atoms with Crippen molar-refractivity contribution in [3.63, 3.8) is 0 Å². The largest absolute Gasteiger partial charge is 0.457 e. The van der Waals surface area contributed by atoms with Crippen molar-refractivity contribution in [1.29, 1.82) is 0 Å². The van der Waals surface area contributed by atoms with E-state index in [0.717, 1.165) is 0 Å². The van der Waals surface area contributed by atoms with Crippen LogP contribution in [0.2, 0.25) is 5.02 Å². The zero-order valence-corrected chi connectivity index (χ0v) is 12.9. The van der Waals surface area contributed by atoms with Gasteiger partial charge in [0.15, 0.2) is 11.6 Å². The average Bonchev–Trinajstić information content (AvgIpc) is 3.12. The van der Waals surface area contributed by atoms with E-state index in [0.29, 0.717) is 39.1 Å². The van der Waals surface area contributed by atoms with Gasteiger partial charge in [-0.15, -0.1) is 0 Å². The molecule has 0 unspecified atom stereocenters. The summed E-state index contributed by atoms with van der Waals surface area (Å²) in [6, 6.07) is 12.1. The van der Waals surface area contributed by atoms with E-state index in [9.17, 15) is 4.79 Å². The summed E-state index contributed by atoms with van der Waals surface area (Å²) in [7, 11) is 0. The van der Waals surface area contributed by atoms with E-state index in [1.54, 1.807) is 42.5 Å². The Morgan fingerprint density at radius 3 is 2.54 bits per heavy atom. The molecular weight excluding hydrogens is 330 g/mol. The van der Waals surface area contributed by atoms with E-state index in [2.05, 4.69) is 25.1 Å². The lowest BCUT2D eigenvalue weighted by molar-refractivity contribution is 0.483. The number of halogens is 1. The van der Waals surface area contributed by atoms with Gasteiger partial charge < -0.3 is 9.72 Å². The maximum Gasteiger partial charge on any atom is 0.259 e.